The lowest BCUT2D eigenvalue weighted by atomic mass is 10.1. The Hall–Kier alpha value is -1.37. The second kappa shape index (κ2) is 4.72. The number of β-amino-alcohol motifs (C(OH)–C–C–N with tert-alkyl or cyclic N) is 1. The molecule has 1 aliphatic rings. The molecule has 1 aromatic heterocycles. The van der Waals surface area contributed by atoms with Gasteiger partial charge in [0.15, 0.2) is 0 Å². The molecule has 1 aliphatic heterocycles. The predicted octanol–water partition coefficient (Wildman–Crippen LogP) is 0.618. The molecule has 4 N–H and O–H groups in total. The van der Waals surface area contributed by atoms with E-state index in [1.54, 1.807) is 11.8 Å². The number of rotatable bonds is 2. The van der Waals surface area contributed by atoms with E-state index in [4.69, 9.17) is 17.4 Å². The smallest absolute Gasteiger partial charge is 0.254 e. The molecule has 6 nitrogen and oxygen atoms in total. The quantitative estimate of drug-likeness (QED) is 0.416. The third kappa shape index (κ3) is 2.72. The van der Waals surface area contributed by atoms with Crippen molar-refractivity contribution in [2.24, 2.45) is 5.84 Å². The highest BCUT2D eigenvalue weighted by Crippen LogP contribution is 2.23. The zero-order valence-electron chi connectivity index (χ0n) is 9.98. The molecular formula is C11H15ClN4O2. The molecule has 0 radical (unpaired) electrons. The highest BCUT2D eigenvalue weighted by molar-refractivity contribution is 6.29. The van der Waals surface area contributed by atoms with E-state index in [2.05, 4.69) is 10.4 Å². The molecular weight excluding hydrogens is 256 g/mol. The SMILES string of the molecule is CC1(O)CCN(C(=O)c2cc(Cl)nc(NN)c2)C1. The predicted molar refractivity (Wildman–Crippen MR) is 68.2 cm³/mol. The molecule has 1 unspecified atom stereocenters. The van der Waals surface area contributed by atoms with Gasteiger partial charge in [-0.2, -0.15) is 0 Å². The molecule has 1 atom stereocenters. The summed E-state index contributed by atoms with van der Waals surface area (Å²) in [6, 6.07) is 3.01. The second-order valence-electron chi connectivity index (χ2n) is 4.68. The Morgan fingerprint density at radius 2 is 2.39 bits per heavy atom. The number of nitrogens with one attached hydrogen (secondary N) is 1. The number of amides is 1. The highest BCUT2D eigenvalue weighted by atomic mass is 35.5. The molecule has 1 aromatic rings. The van der Waals surface area contributed by atoms with Crippen LogP contribution in [0.3, 0.4) is 0 Å². The first-order valence-electron chi connectivity index (χ1n) is 5.57. The lowest BCUT2D eigenvalue weighted by Crippen LogP contribution is -2.34. The summed E-state index contributed by atoms with van der Waals surface area (Å²) in [5, 5.41) is 10.0. The van der Waals surface area contributed by atoms with Crippen LogP contribution in [0.25, 0.3) is 0 Å². The van der Waals surface area contributed by atoms with E-state index in [-0.39, 0.29) is 11.1 Å². The summed E-state index contributed by atoms with van der Waals surface area (Å²) >= 11 is 5.81. The van der Waals surface area contributed by atoms with Crippen molar-refractivity contribution in [3.8, 4) is 0 Å². The Labute approximate surface area is 110 Å². The van der Waals surface area contributed by atoms with Crippen LogP contribution >= 0.6 is 11.6 Å². The monoisotopic (exact) mass is 270 g/mol. The first-order chi connectivity index (χ1) is 8.41. The number of nitrogens with two attached hydrogens (primary N) is 1. The summed E-state index contributed by atoms with van der Waals surface area (Å²) in [7, 11) is 0. The van der Waals surface area contributed by atoms with Crippen LogP contribution in [0.4, 0.5) is 5.82 Å². The molecule has 0 aromatic carbocycles. The molecule has 1 fully saturated rings. The number of carbonyl (C=O) groups excluding carboxylic acids is 1. The van der Waals surface area contributed by atoms with Gasteiger partial charge in [-0.3, -0.25) is 4.79 Å². The fourth-order valence-electron chi connectivity index (χ4n) is 2.00. The van der Waals surface area contributed by atoms with Crippen molar-refractivity contribution in [2.75, 3.05) is 18.5 Å². The molecule has 2 rings (SSSR count). The number of aromatic nitrogens is 1. The maximum absolute atomic E-state index is 12.2. The van der Waals surface area contributed by atoms with Gasteiger partial charge in [-0.05, 0) is 25.5 Å². The van der Waals surface area contributed by atoms with Crippen molar-refractivity contribution in [1.29, 1.82) is 0 Å². The van der Waals surface area contributed by atoms with Gasteiger partial charge in [-0.15, -0.1) is 0 Å². The second-order valence-corrected chi connectivity index (χ2v) is 5.07. The standard InChI is InChI=1S/C11H15ClN4O2/c1-11(18)2-3-16(6-11)10(17)7-4-8(12)14-9(5-7)15-13/h4-5,18H,2-3,6,13H2,1H3,(H,14,15). The largest absolute Gasteiger partial charge is 0.388 e. The number of halogens is 1. The summed E-state index contributed by atoms with van der Waals surface area (Å²) in [6.45, 7) is 2.56. The van der Waals surface area contributed by atoms with Crippen LogP contribution < -0.4 is 11.3 Å². The number of hydrogen-bond acceptors (Lipinski definition) is 5. The lowest BCUT2D eigenvalue weighted by molar-refractivity contribution is 0.0572. The maximum atomic E-state index is 12.2. The first kappa shape index (κ1) is 13.1. The minimum absolute atomic E-state index is 0.187. The minimum Gasteiger partial charge on any atom is -0.388 e. The molecule has 7 heteroatoms. The summed E-state index contributed by atoms with van der Waals surface area (Å²) < 4.78 is 0. The van der Waals surface area contributed by atoms with Gasteiger partial charge in [0.05, 0.1) is 5.60 Å². The van der Waals surface area contributed by atoms with Gasteiger partial charge in [0, 0.05) is 18.7 Å². The lowest BCUT2D eigenvalue weighted by Gasteiger charge is -2.19. The zero-order valence-corrected chi connectivity index (χ0v) is 10.7. The van der Waals surface area contributed by atoms with Gasteiger partial charge < -0.3 is 15.4 Å². The van der Waals surface area contributed by atoms with Crippen LogP contribution in [0.2, 0.25) is 5.15 Å². The summed E-state index contributed by atoms with van der Waals surface area (Å²) in [5.41, 5.74) is 1.94. The van der Waals surface area contributed by atoms with Crippen LogP contribution in [-0.4, -0.2) is 39.6 Å². The van der Waals surface area contributed by atoms with Gasteiger partial charge in [0.25, 0.3) is 5.91 Å². The Morgan fingerprint density at radius 1 is 1.67 bits per heavy atom. The Morgan fingerprint density at radius 3 is 2.94 bits per heavy atom. The molecule has 2 heterocycles. The van der Waals surface area contributed by atoms with E-state index in [0.29, 0.717) is 30.9 Å². The van der Waals surface area contributed by atoms with Crippen LogP contribution in [0, 0.1) is 0 Å². The maximum Gasteiger partial charge on any atom is 0.254 e. The van der Waals surface area contributed by atoms with Crippen molar-refractivity contribution in [1.82, 2.24) is 9.88 Å². The number of hydrogen-bond donors (Lipinski definition) is 3. The fraction of sp³-hybridized carbons (Fsp3) is 0.455. The Kier molecular flexibility index (Phi) is 3.43. The molecule has 1 saturated heterocycles. The van der Waals surface area contributed by atoms with Crippen molar-refractivity contribution in [3.63, 3.8) is 0 Å². The average molecular weight is 271 g/mol. The summed E-state index contributed by atoms with van der Waals surface area (Å²) in [4.78, 5) is 17.7. The third-order valence-electron chi connectivity index (χ3n) is 2.93. The number of hydrazine groups is 1. The van der Waals surface area contributed by atoms with Gasteiger partial charge >= 0.3 is 0 Å². The molecule has 0 aliphatic carbocycles. The molecule has 0 saturated carbocycles. The van der Waals surface area contributed by atoms with Crippen molar-refractivity contribution >= 4 is 23.3 Å². The van der Waals surface area contributed by atoms with Crippen LogP contribution in [0.1, 0.15) is 23.7 Å². The van der Waals surface area contributed by atoms with E-state index in [9.17, 15) is 9.90 Å². The van der Waals surface area contributed by atoms with Crippen LogP contribution in [0.15, 0.2) is 12.1 Å². The van der Waals surface area contributed by atoms with E-state index in [1.165, 1.54) is 12.1 Å². The topological polar surface area (TPSA) is 91.5 Å². The van der Waals surface area contributed by atoms with Gasteiger partial charge in [0.1, 0.15) is 11.0 Å². The number of carbonyl (C=O) groups is 1. The number of nitrogen functional groups attached to an aromatic ring is 1. The van der Waals surface area contributed by atoms with Crippen LogP contribution in [0.5, 0.6) is 0 Å². The number of anilines is 1. The Bertz CT molecular complexity index is 478. The molecule has 0 spiro atoms. The summed E-state index contributed by atoms with van der Waals surface area (Å²) in [6.07, 6.45) is 0.569. The van der Waals surface area contributed by atoms with E-state index < -0.39 is 5.60 Å². The van der Waals surface area contributed by atoms with Crippen molar-refractivity contribution < 1.29 is 9.90 Å². The third-order valence-corrected chi connectivity index (χ3v) is 3.12. The number of pyridine rings is 1. The minimum atomic E-state index is -0.818. The molecule has 1 amide bonds. The van der Waals surface area contributed by atoms with Crippen LogP contribution in [-0.2, 0) is 0 Å². The van der Waals surface area contributed by atoms with E-state index in [1.807, 2.05) is 0 Å². The van der Waals surface area contributed by atoms with Gasteiger partial charge in [0.2, 0.25) is 0 Å². The molecule has 18 heavy (non-hydrogen) atoms. The fourth-order valence-corrected chi connectivity index (χ4v) is 2.20. The Balaban J connectivity index is 2.21. The first-order valence-corrected chi connectivity index (χ1v) is 5.95. The van der Waals surface area contributed by atoms with E-state index >= 15 is 0 Å². The molecule has 0 bridgehead atoms. The normalized spacial score (nSPS) is 23.2. The number of aliphatic hydroxyl groups is 1. The van der Waals surface area contributed by atoms with Crippen molar-refractivity contribution in [2.45, 2.75) is 18.9 Å². The highest BCUT2D eigenvalue weighted by Gasteiger charge is 2.34. The van der Waals surface area contributed by atoms with Gasteiger partial charge in [-0.1, -0.05) is 11.6 Å². The average Bonchev–Trinajstić information content (AvgIpc) is 2.67. The van der Waals surface area contributed by atoms with E-state index in [0.717, 1.165) is 0 Å². The zero-order chi connectivity index (χ0) is 13.3. The molecule has 98 valence electrons. The number of nitrogens with zero attached hydrogens (tertiary/aromatic N) is 2. The van der Waals surface area contributed by atoms with Gasteiger partial charge in [-0.25, -0.2) is 10.8 Å². The van der Waals surface area contributed by atoms with Crippen molar-refractivity contribution in [3.05, 3.63) is 22.8 Å². The number of likely N-dealkylation sites (tertiary alicyclic amines) is 1. The summed E-state index contributed by atoms with van der Waals surface area (Å²) in [5.74, 6) is 5.39.